The Morgan fingerprint density at radius 3 is 2.69 bits per heavy atom. The van der Waals surface area contributed by atoms with Gasteiger partial charge in [0.2, 0.25) is 0 Å². The van der Waals surface area contributed by atoms with E-state index in [9.17, 15) is 0 Å². The molecule has 1 aromatic carbocycles. The molecule has 1 aromatic heterocycles. The van der Waals surface area contributed by atoms with Gasteiger partial charge in [0.1, 0.15) is 4.34 Å². The summed E-state index contributed by atoms with van der Waals surface area (Å²) in [6, 6.07) is 9.92. The molecule has 0 aliphatic carbocycles. The Morgan fingerprint density at radius 2 is 2.06 bits per heavy atom. The van der Waals surface area contributed by atoms with Gasteiger partial charge in [-0.1, -0.05) is 45.4 Å². The van der Waals surface area contributed by atoms with Crippen LogP contribution in [0.25, 0.3) is 0 Å². The van der Waals surface area contributed by atoms with Crippen LogP contribution in [-0.4, -0.2) is 0 Å². The highest BCUT2D eigenvalue weighted by atomic mass is 79.9. The molecule has 80 valence electrons. The molecule has 0 N–H and O–H groups in total. The molecule has 2 aromatic rings. The maximum atomic E-state index is 6.05. The SMILES string of the molecule is Cc1cc(C#Cc2cccc(Br)c2)c(Cl)s1. The van der Waals surface area contributed by atoms with E-state index >= 15 is 0 Å². The van der Waals surface area contributed by atoms with Crippen molar-refractivity contribution in [2.45, 2.75) is 6.92 Å². The van der Waals surface area contributed by atoms with Gasteiger partial charge in [-0.2, -0.15) is 0 Å². The summed E-state index contributed by atoms with van der Waals surface area (Å²) >= 11 is 11.0. The monoisotopic (exact) mass is 310 g/mol. The Labute approximate surface area is 112 Å². The minimum absolute atomic E-state index is 0.764. The van der Waals surface area contributed by atoms with Gasteiger partial charge in [0.25, 0.3) is 0 Å². The molecule has 0 radical (unpaired) electrons. The summed E-state index contributed by atoms with van der Waals surface area (Å²) in [5, 5.41) is 0. The zero-order valence-electron chi connectivity index (χ0n) is 8.55. The summed E-state index contributed by atoms with van der Waals surface area (Å²) in [5.41, 5.74) is 1.89. The maximum Gasteiger partial charge on any atom is 0.109 e. The van der Waals surface area contributed by atoms with E-state index in [-0.39, 0.29) is 0 Å². The largest absolute Gasteiger partial charge is 0.127 e. The van der Waals surface area contributed by atoms with Gasteiger partial charge in [-0.25, -0.2) is 0 Å². The lowest BCUT2D eigenvalue weighted by Crippen LogP contribution is -1.74. The fourth-order valence-corrected chi connectivity index (χ4v) is 2.82. The highest BCUT2D eigenvalue weighted by Gasteiger charge is 2.00. The van der Waals surface area contributed by atoms with Crippen molar-refractivity contribution in [3.05, 3.63) is 55.1 Å². The van der Waals surface area contributed by atoms with Crippen molar-refractivity contribution in [2.24, 2.45) is 0 Å². The van der Waals surface area contributed by atoms with Crippen LogP contribution in [-0.2, 0) is 0 Å². The Balaban J connectivity index is 2.32. The predicted octanol–water partition coefficient (Wildman–Crippen LogP) is 4.87. The van der Waals surface area contributed by atoms with Crippen LogP contribution in [0.15, 0.2) is 34.8 Å². The smallest absolute Gasteiger partial charge is 0.109 e. The van der Waals surface area contributed by atoms with E-state index in [0.717, 1.165) is 19.9 Å². The third-order valence-electron chi connectivity index (χ3n) is 1.98. The minimum Gasteiger partial charge on any atom is -0.127 e. The van der Waals surface area contributed by atoms with Gasteiger partial charge in [0.15, 0.2) is 0 Å². The number of hydrogen-bond acceptors (Lipinski definition) is 1. The molecule has 0 saturated carbocycles. The predicted molar refractivity (Wildman–Crippen MR) is 74.2 cm³/mol. The van der Waals surface area contributed by atoms with Crippen molar-refractivity contribution in [1.82, 2.24) is 0 Å². The number of halogens is 2. The number of benzene rings is 1. The van der Waals surface area contributed by atoms with Crippen molar-refractivity contribution < 1.29 is 0 Å². The minimum atomic E-state index is 0.764. The van der Waals surface area contributed by atoms with Crippen molar-refractivity contribution in [2.75, 3.05) is 0 Å². The van der Waals surface area contributed by atoms with Gasteiger partial charge < -0.3 is 0 Å². The van der Waals surface area contributed by atoms with Gasteiger partial charge in [0.05, 0.1) is 5.56 Å². The summed E-state index contributed by atoms with van der Waals surface area (Å²) in [4.78, 5) is 1.18. The van der Waals surface area contributed by atoms with E-state index in [0.29, 0.717) is 0 Å². The summed E-state index contributed by atoms with van der Waals surface area (Å²) in [7, 11) is 0. The number of thiophene rings is 1. The molecule has 0 unspecified atom stereocenters. The topological polar surface area (TPSA) is 0 Å². The maximum absolute atomic E-state index is 6.05. The first-order chi connectivity index (χ1) is 7.65. The highest BCUT2D eigenvalue weighted by Crippen LogP contribution is 2.26. The van der Waals surface area contributed by atoms with Crippen LogP contribution in [0.5, 0.6) is 0 Å². The lowest BCUT2D eigenvalue weighted by molar-refractivity contribution is 1.59. The second-order valence-electron chi connectivity index (χ2n) is 3.30. The van der Waals surface area contributed by atoms with Crippen molar-refractivity contribution in [3.8, 4) is 11.8 Å². The molecule has 0 nitrogen and oxygen atoms in total. The Morgan fingerprint density at radius 1 is 1.25 bits per heavy atom. The molecule has 0 atom stereocenters. The van der Waals surface area contributed by atoms with Crippen LogP contribution in [0, 0.1) is 18.8 Å². The molecular formula is C13H8BrClS. The molecule has 1 heterocycles. The van der Waals surface area contributed by atoms with Crippen LogP contribution in [0.2, 0.25) is 4.34 Å². The van der Waals surface area contributed by atoms with Crippen molar-refractivity contribution >= 4 is 38.9 Å². The standard InChI is InChI=1S/C13H8BrClS/c1-9-7-11(13(15)16-9)6-5-10-3-2-4-12(14)8-10/h2-4,7-8H,1H3. The quantitative estimate of drug-likeness (QED) is 0.609. The lowest BCUT2D eigenvalue weighted by atomic mass is 10.2. The Hall–Kier alpha value is -0.750. The first-order valence-corrected chi connectivity index (χ1v) is 6.67. The third-order valence-corrected chi connectivity index (χ3v) is 3.74. The summed E-state index contributed by atoms with van der Waals surface area (Å²) in [6.45, 7) is 2.03. The lowest BCUT2D eigenvalue weighted by Gasteiger charge is -1.90. The molecule has 0 aliphatic heterocycles. The molecule has 0 saturated heterocycles. The molecule has 0 bridgehead atoms. The molecule has 0 spiro atoms. The van der Waals surface area contributed by atoms with Gasteiger partial charge in [-0.3, -0.25) is 0 Å². The van der Waals surface area contributed by atoms with E-state index in [2.05, 4.69) is 27.8 Å². The zero-order valence-corrected chi connectivity index (χ0v) is 11.7. The molecule has 0 aliphatic rings. The second kappa shape index (κ2) is 5.05. The molecule has 3 heteroatoms. The normalized spacial score (nSPS) is 9.69. The van der Waals surface area contributed by atoms with Crippen LogP contribution >= 0.6 is 38.9 Å². The van der Waals surface area contributed by atoms with Crippen molar-refractivity contribution in [3.63, 3.8) is 0 Å². The molecule has 16 heavy (non-hydrogen) atoms. The van der Waals surface area contributed by atoms with E-state index in [1.165, 1.54) is 4.88 Å². The van der Waals surface area contributed by atoms with Gasteiger partial charge in [0, 0.05) is 14.9 Å². The van der Waals surface area contributed by atoms with Gasteiger partial charge in [-0.05, 0) is 31.2 Å². The zero-order chi connectivity index (χ0) is 11.5. The third kappa shape index (κ3) is 2.89. The van der Waals surface area contributed by atoms with Crippen LogP contribution in [0.4, 0.5) is 0 Å². The fraction of sp³-hybridized carbons (Fsp3) is 0.0769. The van der Waals surface area contributed by atoms with Crippen LogP contribution in [0.1, 0.15) is 16.0 Å². The van der Waals surface area contributed by atoms with E-state index in [4.69, 9.17) is 11.6 Å². The Bertz CT molecular complexity index is 575. The first-order valence-electron chi connectivity index (χ1n) is 4.68. The van der Waals surface area contributed by atoms with Crippen molar-refractivity contribution in [1.29, 1.82) is 0 Å². The fourth-order valence-electron chi connectivity index (χ4n) is 1.28. The summed E-state index contributed by atoms with van der Waals surface area (Å²) < 4.78 is 1.80. The Kier molecular flexibility index (Phi) is 3.70. The average Bonchev–Trinajstić information content (AvgIpc) is 2.54. The van der Waals surface area contributed by atoms with Crippen LogP contribution < -0.4 is 0 Å². The number of rotatable bonds is 0. The second-order valence-corrected chi connectivity index (χ2v) is 6.08. The van der Waals surface area contributed by atoms with Crippen LogP contribution in [0.3, 0.4) is 0 Å². The van der Waals surface area contributed by atoms with E-state index in [1.54, 1.807) is 11.3 Å². The number of hydrogen-bond donors (Lipinski definition) is 0. The van der Waals surface area contributed by atoms with Gasteiger partial charge in [-0.15, -0.1) is 11.3 Å². The van der Waals surface area contributed by atoms with Gasteiger partial charge >= 0.3 is 0 Å². The molecule has 2 rings (SSSR count). The van der Waals surface area contributed by atoms with E-state index < -0.39 is 0 Å². The molecule has 0 fully saturated rings. The average molecular weight is 312 g/mol. The highest BCUT2D eigenvalue weighted by molar-refractivity contribution is 9.10. The van der Waals surface area contributed by atoms with E-state index in [1.807, 2.05) is 37.3 Å². The number of aryl methyl sites for hydroxylation is 1. The summed E-state index contributed by atoms with van der Waals surface area (Å²) in [6.07, 6.45) is 0. The molecule has 0 amide bonds. The first kappa shape index (κ1) is 11.7. The summed E-state index contributed by atoms with van der Waals surface area (Å²) in [5.74, 6) is 6.18. The molecular weight excluding hydrogens is 304 g/mol.